The zero-order valence-corrected chi connectivity index (χ0v) is 24.7. The fourth-order valence-corrected chi connectivity index (χ4v) is 7.75. The van der Waals surface area contributed by atoms with E-state index >= 15 is 0 Å². The summed E-state index contributed by atoms with van der Waals surface area (Å²) in [5, 5.41) is 15.2. The summed E-state index contributed by atoms with van der Waals surface area (Å²) in [6, 6.07) is 24.6. The van der Waals surface area contributed by atoms with Crippen LogP contribution in [0.4, 0.5) is 5.69 Å². The van der Waals surface area contributed by atoms with Crippen LogP contribution in [0.2, 0.25) is 10.0 Å². The molecule has 0 saturated carbocycles. The summed E-state index contributed by atoms with van der Waals surface area (Å²) in [6.45, 7) is 0. The number of nitrogens with one attached hydrogen (secondary N) is 1. The summed E-state index contributed by atoms with van der Waals surface area (Å²) in [6.07, 6.45) is 1.56. The summed E-state index contributed by atoms with van der Waals surface area (Å²) in [7, 11) is 0. The molecule has 208 valence electrons. The predicted molar refractivity (Wildman–Crippen MR) is 163 cm³/mol. The first kappa shape index (κ1) is 26.9. The number of carbonyl (C=O) groups excluding carboxylic acids is 3. The van der Waals surface area contributed by atoms with E-state index in [1.807, 2.05) is 48.5 Å². The molecule has 1 aliphatic heterocycles. The van der Waals surface area contributed by atoms with Gasteiger partial charge >= 0.3 is 0 Å². The predicted octanol–water partition coefficient (Wildman–Crippen LogP) is 6.43. The molecule has 0 aromatic heterocycles. The van der Waals surface area contributed by atoms with Gasteiger partial charge in [-0.3, -0.25) is 14.4 Å². The number of phenolic OH excluding ortho intramolecular Hbond substituents is 1. The number of rotatable bonds is 4. The van der Waals surface area contributed by atoms with Crippen molar-refractivity contribution in [3.63, 3.8) is 0 Å². The van der Waals surface area contributed by atoms with Crippen molar-refractivity contribution in [2.45, 2.75) is 11.3 Å². The monoisotopic (exact) mass is 659 g/mol. The number of aromatic hydroxyl groups is 1. The summed E-state index contributed by atoms with van der Waals surface area (Å²) in [4.78, 5) is 42.9. The largest absolute Gasteiger partial charge is 0.507 e. The third-order valence-corrected chi connectivity index (χ3v) is 9.50. The fourth-order valence-electron chi connectivity index (χ4n) is 6.89. The van der Waals surface area contributed by atoms with Crippen LogP contribution in [0.1, 0.15) is 38.5 Å². The van der Waals surface area contributed by atoms with Crippen LogP contribution in [0.15, 0.2) is 94.5 Å². The van der Waals surface area contributed by atoms with Gasteiger partial charge in [0.1, 0.15) is 5.75 Å². The van der Waals surface area contributed by atoms with Crippen LogP contribution in [-0.4, -0.2) is 29.0 Å². The molecule has 1 heterocycles. The lowest BCUT2D eigenvalue weighted by molar-refractivity contribution is -0.122. The van der Waals surface area contributed by atoms with E-state index < -0.39 is 29.1 Å². The molecule has 4 aromatic rings. The molecule has 2 atom stereocenters. The van der Waals surface area contributed by atoms with Crippen LogP contribution >= 0.6 is 39.1 Å². The van der Waals surface area contributed by atoms with Crippen molar-refractivity contribution in [2.75, 3.05) is 4.90 Å². The first-order valence-corrected chi connectivity index (χ1v) is 14.6. The molecule has 8 rings (SSSR count). The smallest absolute Gasteiger partial charge is 0.275 e. The Labute approximate surface area is 258 Å². The normalized spacial score (nSPS) is 23.6. The van der Waals surface area contributed by atoms with Gasteiger partial charge in [-0.25, -0.2) is 10.3 Å². The molecule has 1 fully saturated rings. The molecule has 42 heavy (non-hydrogen) atoms. The van der Waals surface area contributed by atoms with Gasteiger partial charge in [0.15, 0.2) is 0 Å². The highest BCUT2D eigenvalue weighted by molar-refractivity contribution is 9.10. The van der Waals surface area contributed by atoms with Gasteiger partial charge in [0.2, 0.25) is 11.8 Å². The maximum Gasteiger partial charge on any atom is 0.275 e. The van der Waals surface area contributed by atoms with E-state index in [9.17, 15) is 19.5 Å². The number of benzene rings is 4. The van der Waals surface area contributed by atoms with E-state index in [0.717, 1.165) is 22.3 Å². The third kappa shape index (κ3) is 3.72. The molecule has 7 nitrogen and oxygen atoms in total. The van der Waals surface area contributed by atoms with E-state index in [4.69, 9.17) is 23.2 Å². The van der Waals surface area contributed by atoms with Gasteiger partial charge in [-0.1, -0.05) is 87.7 Å². The van der Waals surface area contributed by atoms with Crippen molar-refractivity contribution in [1.82, 2.24) is 5.43 Å². The zero-order valence-electron chi connectivity index (χ0n) is 21.6. The number of imide groups is 1. The Hall–Kier alpha value is -3.98. The first-order chi connectivity index (χ1) is 20.2. The van der Waals surface area contributed by atoms with Gasteiger partial charge in [0, 0.05) is 21.6 Å². The second-order valence-electron chi connectivity index (χ2n) is 10.5. The molecule has 2 bridgehead atoms. The molecule has 4 aromatic carbocycles. The third-order valence-electron chi connectivity index (χ3n) is 8.47. The van der Waals surface area contributed by atoms with Crippen molar-refractivity contribution in [2.24, 2.45) is 16.9 Å². The summed E-state index contributed by atoms with van der Waals surface area (Å²) in [5.74, 6) is -3.55. The average Bonchev–Trinajstić information content (AvgIpc) is 3.25. The van der Waals surface area contributed by atoms with Crippen molar-refractivity contribution in [3.8, 4) is 5.75 Å². The minimum absolute atomic E-state index is 0.0285. The Kier molecular flexibility index (Phi) is 6.27. The Morgan fingerprint density at radius 1 is 0.929 bits per heavy atom. The molecular formula is C32H20BrCl2N3O4. The van der Waals surface area contributed by atoms with Crippen LogP contribution in [-0.2, 0) is 15.0 Å². The summed E-state index contributed by atoms with van der Waals surface area (Å²) < 4.78 is 0.611. The van der Waals surface area contributed by atoms with Crippen molar-refractivity contribution in [1.29, 1.82) is 0 Å². The number of hydrogen-bond donors (Lipinski definition) is 2. The van der Waals surface area contributed by atoms with E-state index in [-0.39, 0.29) is 33.8 Å². The number of nitrogens with zero attached hydrogens (tertiary/aromatic N) is 2. The number of anilines is 1. The maximum atomic E-state index is 14.4. The van der Waals surface area contributed by atoms with Gasteiger partial charge in [-0.2, -0.15) is 5.10 Å². The molecule has 3 aliphatic carbocycles. The lowest BCUT2D eigenvalue weighted by Crippen LogP contribution is -2.54. The molecule has 0 radical (unpaired) electrons. The van der Waals surface area contributed by atoms with Crippen LogP contribution in [0.25, 0.3) is 0 Å². The highest BCUT2D eigenvalue weighted by Crippen LogP contribution is 2.63. The molecule has 0 spiro atoms. The Balaban J connectivity index is 1.40. The fraction of sp³-hybridized carbons (Fsp3) is 0.125. The maximum absolute atomic E-state index is 14.4. The number of amides is 3. The van der Waals surface area contributed by atoms with Crippen LogP contribution in [0.5, 0.6) is 5.75 Å². The van der Waals surface area contributed by atoms with Crippen LogP contribution in [0, 0.1) is 11.8 Å². The molecule has 1 saturated heterocycles. The number of hydrazone groups is 1. The average molecular weight is 661 g/mol. The number of hydrogen-bond acceptors (Lipinski definition) is 5. The minimum atomic E-state index is -1.18. The van der Waals surface area contributed by atoms with Crippen molar-refractivity contribution < 1.29 is 19.5 Å². The van der Waals surface area contributed by atoms with Crippen LogP contribution in [0.3, 0.4) is 0 Å². The molecule has 4 aliphatic rings. The number of carbonyl (C=O) groups is 3. The van der Waals surface area contributed by atoms with E-state index in [1.54, 1.807) is 24.4 Å². The molecule has 10 heteroatoms. The first-order valence-electron chi connectivity index (χ1n) is 13.1. The Morgan fingerprint density at radius 2 is 1.60 bits per heavy atom. The minimum Gasteiger partial charge on any atom is -0.507 e. The summed E-state index contributed by atoms with van der Waals surface area (Å²) in [5.41, 5.74) is 5.15. The van der Waals surface area contributed by atoms with Gasteiger partial charge in [0.05, 0.1) is 33.5 Å². The van der Waals surface area contributed by atoms with Crippen LogP contribution < -0.4 is 10.3 Å². The van der Waals surface area contributed by atoms with Crippen molar-refractivity contribution in [3.05, 3.63) is 127 Å². The van der Waals surface area contributed by atoms with Gasteiger partial charge in [-0.05, 0) is 58.7 Å². The number of halogens is 3. The van der Waals surface area contributed by atoms with Crippen molar-refractivity contribution >= 4 is 68.8 Å². The zero-order chi connectivity index (χ0) is 29.3. The Bertz CT molecular complexity index is 1830. The highest BCUT2D eigenvalue weighted by atomic mass is 79.9. The molecule has 3 amide bonds. The quantitative estimate of drug-likeness (QED) is 0.150. The second kappa shape index (κ2) is 9.80. The standard InChI is InChI=1S/C32H20BrCl2N3O4/c33-16-9-12-25(39)20(13-16)29(40)37-36-15-32-21-7-3-1-5-18(21)26(19-6-2-4-8-22(19)32)27-28(32)31(42)38(30(27)41)24-11-10-17(34)14-23(24)35/h1-15,26-28,39H,(H,37,40)/b36-15-/t26?,27-,28-,32?/m0/s1. The second-order valence-corrected chi connectivity index (χ2v) is 12.3. The van der Waals surface area contributed by atoms with Gasteiger partial charge in [-0.15, -0.1) is 0 Å². The van der Waals surface area contributed by atoms with Gasteiger partial charge < -0.3 is 5.11 Å². The Morgan fingerprint density at radius 3 is 2.26 bits per heavy atom. The molecule has 0 unspecified atom stereocenters. The van der Waals surface area contributed by atoms with E-state index in [1.165, 1.54) is 23.1 Å². The topological polar surface area (TPSA) is 99.1 Å². The lowest BCUT2D eigenvalue weighted by atomic mass is 9.47. The van der Waals surface area contributed by atoms with Gasteiger partial charge in [0.25, 0.3) is 5.91 Å². The molecular weight excluding hydrogens is 641 g/mol. The summed E-state index contributed by atoms with van der Waals surface area (Å²) >= 11 is 15.9. The van der Waals surface area contributed by atoms with E-state index in [0.29, 0.717) is 9.50 Å². The van der Waals surface area contributed by atoms with E-state index in [2.05, 4.69) is 26.5 Å². The lowest BCUT2D eigenvalue weighted by Gasteiger charge is -2.52. The molecule has 2 N–H and O–H groups in total. The number of phenols is 1. The highest BCUT2D eigenvalue weighted by Gasteiger charge is 2.68. The SMILES string of the molecule is O=C(N/N=C\C12c3ccccc3C(c3ccccc31)[C@@H]1C(=O)N(c3ccc(Cl)cc3Cl)C(=O)[C@H]12)c1cc(Br)ccc1O.